The lowest BCUT2D eigenvalue weighted by atomic mass is 10.2. The molecule has 96 valence electrons. The van der Waals surface area contributed by atoms with E-state index in [-0.39, 0.29) is 11.7 Å². The van der Waals surface area contributed by atoms with E-state index in [1.54, 1.807) is 0 Å². The first-order chi connectivity index (χ1) is 8.50. The maximum absolute atomic E-state index is 10.9. The topological polar surface area (TPSA) is 66.4 Å². The molecule has 6 heteroatoms. The predicted molar refractivity (Wildman–Crippen MR) is 75.8 cm³/mol. The molecule has 2 N–H and O–H groups in total. The third kappa shape index (κ3) is 4.85. The van der Waals surface area contributed by atoms with E-state index in [1.165, 1.54) is 18.7 Å². The minimum atomic E-state index is -1.06. The number of thioether (sulfide) groups is 1. The Labute approximate surface area is 115 Å². The number of nitrogens with one attached hydrogen (secondary N) is 1. The fourth-order valence-electron chi connectivity index (χ4n) is 1.24. The van der Waals surface area contributed by atoms with Gasteiger partial charge < -0.3 is 10.4 Å². The minimum absolute atomic E-state index is 0.211. The van der Waals surface area contributed by atoms with Crippen LogP contribution in [-0.2, 0) is 9.59 Å². The summed E-state index contributed by atoms with van der Waals surface area (Å²) < 4.78 is 0.618. The summed E-state index contributed by atoms with van der Waals surface area (Å²) >= 11 is 6.44. The monoisotopic (exact) mass is 283 g/mol. The zero-order valence-corrected chi connectivity index (χ0v) is 11.4. The van der Waals surface area contributed by atoms with Gasteiger partial charge in [-0.25, -0.2) is 4.79 Å². The van der Waals surface area contributed by atoms with Gasteiger partial charge in [0, 0.05) is 12.7 Å². The summed E-state index contributed by atoms with van der Waals surface area (Å²) in [5.74, 6) is -1.22. The van der Waals surface area contributed by atoms with E-state index in [0.29, 0.717) is 4.20 Å². The minimum Gasteiger partial charge on any atom is -0.480 e. The van der Waals surface area contributed by atoms with Gasteiger partial charge in [0.1, 0.15) is 6.04 Å². The Morgan fingerprint density at radius 2 is 2.00 bits per heavy atom. The Balaban J connectivity index is 2.55. The van der Waals surface area contributed by atoms with Crippen LogP contribution in [0.25, 0.3) is 0 Å². The van der Waals surface area contributed by atoms with E-state index in [1.807, 2.05) is 30.3 Å². The molecule has 18 heavy (non-hydrogen) atoms. The molecular formula is C12H13NO3S2. The third-order valence-electron chi connectivity index (χ3n) is 2.07. The number of carbonyl (C=O) groups excluding carboxylic acids is 1. The van der Waals surface area contributed by atoms with Crippen LogP contribution in [-0.4, -0.2) is 33.0 Å². The normalized spacial score (nSPS) is 11.6. The van der Waals surface area contributed by atoms with Crippen LogP contribution in [0.3, 0.4) is 0 Å². The molecule has 1 aromatic rings. The standard InChI is InChI=1S/C12H13NO3S2/c1-8(14)13-10(11(15)16)7-18-12(17)9-5-3-2-4-6-9/h2-6,10H,7H2,1H3,(H,13,14)(H,15,16)/t10-/m0/s1. The number of aliphatic carboxylic acids is 1. The summed E-state index contributed by atoms with van der Waals surface area (Å²) in [5, 5.41) is 11.3. The second-order valence-corrected chi connectivity index (χ2v) is 5.25. The number of benzene rings is 1. The number of carboxylic acid groups (broad SMARTS) is 1. The predicted octanol–water partition coefficient (Wildman–Crippen LogP) is 1.68. The fourth-order valence-corrected chi connectivity index (χ4v) is 2.42. The molecule has 1 rings (SSSR count). The molecule has 0 saturated carbocycles. The van der Waals surface area contributed by atoms with Gasteiger partial charge in [0.05, 0.1) is 4.20 Å². The summed E-state index contributed by atoms with van der Waals surface area (Å²) in [6, 6.07) is 8.42. The van der Waals surface area contributed by atoms with E-state index in [0.717, 1.165) is 5.56 Å². The first-order valence-corrected chi connectivity index (χ1v) is 6.62. The van der Waals surface area contributed by atoms with Crippen LogP contribution in [0.15, 0.2) is 30.3 Å². The molecule has 0 bridgehead atoms. The van der Waals surface area contributed by atoms with Crippen LogP contribution in [0.2, 0.25) is 0 Å². The second kappa shape index (κ2) is 7.13. The molecule has 0 radical (unpaired) electrons. The number of carbonyl (C=O) groups is 2. The van der Waals surface area contributed by atoms with Gasteiger partial charge in [-0.2, -0.15) is 0 Å². The summed E-state index contributed by atoms with van der Waals surface area (Å²) in [4.78, 5) is 21.8. The number of hydrogen-bond donors (Lipinski definition) is 2. The number of carboxylic acids is 1. The maximum Gasteiger partial charge on any atom is 0.327 e. The van der Waals surface area contributed by atoms with Gasteiger partial charge in [0.25, 0.3) is 0 Å². The summed E-state index contributed by atoms with van der Waals surface area (Å²) in [6.45, 7) is 1.29. The number of amides is 1. The summed E-state index contributed by atoms with van der Waals surface area (Å²) in [5.41, 5.74) is 0.879. The first kappa shape index (κ1) is 14.7. The van der Waals surface area contributed by atoms with Crippen LogP contribution >= 0.6 is 24.0 Å². The van der Waals surface area contributed by atoms with E-state index in [9.17, 15) is 9.59 Å². The van der Waals surface area contributed by atoms with Gasteiger partial charge in [-0.3, -0.25) is 4.79 Å². The van der Waals surface area contributed by atoms with Crippen LogP contribution in [0, 0.1) is 0 Å². The molecule has 0 fully saturated rings. The Morgan fingerprint density at radius 3 is 2.50 bits per heavy atom. The van der Waals surface area contributed by atoms with E-state index in [4.69, 9.17) is 17.3 Å². The van der Waals surface area contributed by atoms with Gasteiger partial charge in [0.2, 0.25) is 5.91 Å². The van der Waals surface area contributed by atoms with Crippen molar-refractivity contribution < 1.29 is 14.7 Å². The molecule has 0 aliphatic heterocycles. The van der Waals surface area contributed by atoms with E-state index in [2.05, 4.69) is 5.32 Å². The van der Waals surface area contributed by atoms with Crippen molar-refractivity contribution in [1.82, 2.24) is 5.32 Å². The highest BCUT2D eigenvalue weighted by molar-refractivity contribution is 8.23. The molecule has 0 unspecified atom stereocenters. The van der Waals surface area contributed by atoms with Gasteiger partial charge in [-0.05, 0) is 5.56 Å². The van der Waals surface area contributed by atoms with Crippen molar-refractivity contribution in [2.45, 2.75) is 13.0 Å². The van der Waals surface area contributed by atoms with Gasteiger partial charge in [0.15, 0.2) is 0 Å². The van der Waals surface area contributed by atoms with Crippen molar-refractivity contribution in [3.63, 3.8) is 0 Å². The van der Waals surface area contributed by atoms with Crippen LogP contribution < -0.4 is 5.32 Å². The molecule has 1 aromatic carbocycles. The number of rotatable bonds is 5. The summed E-state index contributed by atoms with van der Waals surface area (Å²) in [6.07, 6.45) is 0. The average molecular weight is 283 g/mol. The lowest BCUT2D eigenvalue weighted by molar-refractivity contribution is -0.140. The number of thiocarbonyl (C=S) groups is 1. The Morgan fingerprint density at radius 1 is 1.39 bits per heavy atom. The molecule has 0 aliphatic carbocycles. The smallest absolute Gasteiger partial charge is 0.327 e. The van der Waals surface area contributed by atoms with Gasteiger partial charge in [-0.15, -0.1) is 11.8 Å². The molecule has 0 spiro atoms. The lowest BCUT2D eigenvalue weighted by Gasteiger charge is -2.12. The summed E-state index contributed by atoms with van der Waals surface area (Å²) in [7, 11) is 0. The van der Waals surface area contributed by atoms with E-state index >= 15 is 0 Å². The first-order valence-electron chi connectivity index (χ1n) is 5.23. The highest BCUT2D eigenvalue weighted by atomic mass is 32.2. The largest absolute Gasteiger partial charge is 0.480 e. The quantitative estimate of drug-likeness (QED) is 0.805. The lowest BCUT2D eigenvalue weighted by Crippen LogP contribution is -2.41. The highest BCUT2D eigenvalue weighted by Gasteiger charge is 2.19. The van der Waals surface area contributed by atoms with Crippen molar-refractivity contribution in [3.8, 4) is 0 Å². The SMILES string of the molecule is CC(=O)N[C@@H](CSC(=S)c1ccccc1)C(=O)O. The molecule has 0 heterocycles. The van der Waals surface area contributed by atoms with Crippen LogP contribution in [0.5, 0.6) is 0 Å². The average Bonchev–Trinajstić information content (AvgIpc) is 2.34. The zero-order valence-electron chi connectivity index (χ0n) is 9.75. The van der Waals surface area contributed by atoms with Gasteiger partial charge >= 0.3 is 5.97 Å². The third-order valence-corrected chi connectivity index (χ3v) is 3.65. The van der Waals surface area contributed by atoms with Crippen molar-refractivity contribution >= 4 is 40.1 Å². The Hall–Kier alpha value is -1.40. The van der Waals surface area contributed by atoms with Crippen molar-refractivity contribution in [2.75, 3.05) is 5.75 Å². The zero-order chi connectivity index (χ0) is 13.5. The Bertz CT molecular complexity index is 448. The Kier molecular flexibility index (Phi) is 5.80. The van der Waals surface area contributed by atoms with Crippen LogP contribution in [0.1, 0.15) is 12.5 Å². The number of hydrogen-bond acceptors (Lipinski definition) is 4. The molecule has 0 aromatic heterocycles. The van der Waals surface area contributed by atoms with Crippen molar-refractivity contribution in [1.29, 1.82) is 0 Å². The second-order valence-electron chi connectivity index (χ2n) is 3.56. The van der Waals surface area contributed by atoms with Crippen molar-refractivity contribution in [3.05, 3.63) is 35.9 Å². The fraction of sp³-hybridized carbons (Fsp3) is 0.250. The highest BCUT2D eigenvalue weighted by Crippen LogP contribution is 2.14. The van der Waals surface area contributed by atoms with Crippen molar-refractivity contribution in [2.24, 2.45) is 0 Å². The maximum atomic E-state index is 10.9. The molecule has 4 nitrogen and oxygen atoms in total. The molecule has 1 atom stereocenters. The van der Waals surface area contributed by atoms with E-state index < -0.39 is 12.0 Å². The molecule has 0 aliphatic rings. The molecular weight excluding hydrogens is 270 g/mol. The molecule has 0 saturated heterocycles. The molecule has 1 amide bonds. The van der Waals surface area contributed by atoms with Gasteiger partial charge in [-0.1, -0.05) is 42.5 Å². The van der Waals surface area contributed by atoms with Crippen LogP contribution in [0.4, 0.5) is 0 Å².